The average Bonchev–Trinajstić information content (AvgIpc) is 3.03. The third kappa shape index (κ3) is 1.31. The monoisotopic (exact) mass is 186 g/mol. The number of terminal acetylenes is 1. The predicted octanol–water partition coefficient (Wildman–Crippen LogP) is 1.18. The highest BCUT2D eigenvalue weighted by molar-refractivity contribution is 5.37. The van der Waals surface area contributed by atoms with E-state index in [1.54, 1.807) is 0 Å². The molecule has 1 unspecified atom stereocenters. The summed E-state index contributed by atoms with van der Waals surface area (Å²) in [5, 5.41) is 0. The van der Waals surface area contributed by atoms with Gasteiger partial charge in [0, 0.05) is 5.41 Å². The number of nitrogens with one attached hydrogen (secondary N) is 1. The van der Waals surface area contributed by atoms with Gasteiger partial charge in [-0.3, -0.25) is 5.84 Å². The van der Waals surface area contributed by atoms with Crippen molar-refractivity contribution < 1.29 is 0 Å². The van der Waals surface area contributed by atoms with Gasteiger partial charge < -0.3 is 0 Å². The molecule has 1 atom stereocenters. The van der Waals surface area contributed by atoms with Gasteiger partial charge in [-0.1, -0.05) is 36.3 Å². The minimum Gasteiger partial charge on any atom is -0.270 e. The predicted molar refractivity (Wildman–Crippen MR) is 57.3 cm³/mol. The molecule has 1 saturated carbocycles. The van der Waals surface area contributed by atoms with Gasteiger partial charge in [0.2, 0.25) is 0 Å². The van der Waals surface area contributed by atoms with Gasteiger partial charge in [-0.05, 0) is 18.4 Å². The fourth-order valence-electron chi connectivity index (χ4n) is 2.02. The summed E-state index contributed by atoms with van der Waals surface area (Å²) in [6, 6.07) is 10.3. The second-order valence-electron chi connectivity index (χ2n) is 3.79. The van der Waals surface area contributed by atoms with Gasteiger partial charge in [-0.2, -0.15) is 0 Å². The largest absolute Gasteiger partial charge is 0.270 e. The zero-order chi connectivity index (χ0) is 10.0. The van der Waals surface area contributed by atoms with Crippen molar-refractivity contribution in [1.29, 1.82) is 0 Å². The van der Waals surface area contributed by atoms with E-state index >= 15 is 0 Å². The van der Waals surface area contributed by atoms with E-state index in [-0.39, 0.29) is 11.5 Å². The number of nitrogens with two attached hydrogens (primary N) is 1. The Balaban J connectivity index is 2.30. The maximum Gasteiger partial charge on any atom is 0.0911 e. The van der Waals surface area contributed by atoms with Gasteiger partial charge in [0.25, 0.3) is 0 Å². The van der Waals surface area contributed by atoms with Crippen molar-refractivity contribution in [2.45, 2.75) is 24.3 Å². The zero-order valence-electron chi connectivity index (χ0n) is 8.03. The summed E-state index contributed by atoms with van der Waals surface area (Å²) >= 11 is 0. The molecule has 72 valence electrons. The van der Waals surface area contributed by atoms with Crippen LogP contribution in [0.15, 0.2) is 30.3 Å². The van der Waals surface area contributed by atoms with Gasteiger partial charge in [0.15, 0.2) is 0 Å². The molecule has 0 heterocycles. The topological polar surface area (TPSA) is 38.0 Å². The first-order chi connectivity index (χ1) is 6.83. The number of benzene rings is 1. The Kier molecular flexibility index (Phi) is 2.28. The summed E-state index contributed by atoms with van der Waals surface area (Å²) in [7, 11) is 0. The lowest BCUT2D eigenvalue weighted by molar-refractivity contribution is 0.510. The summed E-state index contributed by atoms with van der Waals surface area (Å²) in [4.78, 5) is 0. The van der Waals surface area contributed by atoms with Crippen LogP contribution in [-0.4, -0.2) is 6.04 Å². The van der Waals surface area contributed by atoms with Crippen LogP contribution in [0.1, 0.15) is 18.4 Å². The number of hydrogen-bond donors (Lipinski definition) is 2. The van der Waals surface area contributed by atoms with Crippen molar-refractivity contribution in [1.82, 2.24) is 5.43 Å². The molecule has 1 aliphatic carbocycles. The summed E-state index contributed by atoms with van der Waals surface area (Å²) in [6.07, 6.45) is 7.70. The van der Waals surface area contributed by atoms with Crippen LogP contribution in [0, 0.1) is 12.3 Å². The van der Waals surface area contributed by atoms with Crippen molar-refractivity contribution in [3.63, 3.8) is 0 Å². The molecule has 14 heavy (non-hydrogen) atoms. The van der Waals surface area contributed by atoms with Gasteiger partial charge >= 0.3 is 0 Å². The standard InChI is InChI=1S/C12H14N2/c1-2-11(14-13)12(8-9-12)10-6-4-3-5-7-10/h1,3-7,11,14H,8-9,13H2. The van der Waals surface area contributed by atoms with Gasteiger partial charge in [-0.25, -0.2) is 5.43 Å². The average molecular weight is 186 g/mol. The van der Waals surface area contributed by atoms with Crippen LogP contribution in [0.4, 0.5) is 0 Å². The molecule has 0 amide bonds. The van der Waals surface area contributed by atoms with Gasteiger partial charge in [-0.15, -0.1) is 6.42 Å². The van der Waals surface area contributed by atoms with Crippen LogP contribution < -0.4 is 11.3 Å². The SMILES string of the molecule is C#CC(NN)C1(c2ccccc2)CC1. The minimum absolute atomic E-state index is 0.0510. The fraction of sp³-hybridized carbons (Fsp3) is 0.333. The number of hydrogen-bond acceptors (Lipinski definition) is 2. The molecule has 0 radical (unpaired) electrons. The summed E-state index contributed by atoms with van der Waals surface area (Å²) in [5.41, 5.74) is 4.10. The molecule has 2 nitrogen and oxygen atoms in total. The Labute approximate surface area is 84.5 Å². The highest BCUT2D eigenvalue weighted by Gasteiger charge is 2.49. The molecule has 2 heteroatoms. The van der Waals surface area contributed by atoms with E-state index in [1.807, 2.05) is 18.2 Å². The summed E-state index contributed by atoms with van der Waals surface area (Å²) in [5.74, 6) is 8.17. The Bertz CT molecular complexity index is 346. The van der Waals surface area contributed by atoms with Crippen LogP contribution in [-0.2, 0) is 5.41 Å². The summed E-state index contributed by atoms with van der Waals surface area (Å²) < 4.78 is 0. The van der Waals surface area contributed by atoms with Gasteiger partial charge in [0.05, 0.1) is 6.04 Å². The first-order valence-electron chi connectivity index (χ1n) is 4.81. The van der Waals surface area contributed by atoms with E-state index in [9.17, 15) is 0 Å². The lowest BCUT2D eigenvalue weighted by atomic mass is 9.89. The summed E-state index contributed by atoms with van der Waals surface area (Å²) in [6.45, 7) is 0. The molecular weight excluding hydrogens is 172 g/mol. The maximum atomic E-state index is 5.45. The van der Waals surface area contributed by atoms with E-state index in [4.69, 9.17) is 12.3 Å². The molecule has 3 N–H and O–H groups in total. The van der Waals surface area contributed by atoms with Crippen molar-refractivity contribution in [3.8, 4) is 12.3 Å². The maximum absolute atomic E-state index is 5.45. The fourth-order valence-corrected chi connectivity index (χ4v) is 2.02. The zero-order valence-corrected chi connectivity index (χ0v) is 8.03. The van der Waals surface area contributed by atoms with Crippen molar-refractivity contribution in [3.05, 3.63) is 35.9 Å². The van der Waals surface area contributed by atoms with Gasteiger partial charge in [0.1, 0.15) is 0 Å². The third-order valence-corrected chi connectivity index (χ3v) is 3.02. The number of rotatable bonds is 3. The van der Waals surface area contributed by atoms with E-state index < -0.39 is 0 Å². The van der Waals surface area contributed by atoms with Crippen LogP contribution in [0.2, 0.25) is 0 Å². The van der Waals surface area contributed by atoms with E-state index in [0.29, 0.717) is 0 Å². The normalized spacial score (nSPS) is 19.7. The molecule has 1 aromatic rings. The van der Waals surface area contributed by atoms with Crippen LogP contribution in [0.5, 0.6) is 0 Å². The smallest absolute Gasteiger partial charge is 0.0911 e. The second-order valence-corrected chi connectivity index (χ2v) is 3.79. The van der Waals surface area contributed by atoms with Crippen LogP contribution in [0.25, 0.3) is 0 Å². The lowest BCUT2D eigenvalue weighted by Gasteiger charge is -2.22. The molecule has 1 aromatic carbocycles. The number of hydrazine groups is 1. The van der Waals surface area contributed by atoms with E-state index in [2.05, 4.69) is 23.5 Å². The Morgan fingerprint density at radius 3 is 2.43 bits per heavy atom. The lowest BCUT2D eigenvalue weighted by Crippen LogP contribution is -2.43. The molecule has 0 spiro atoms. The molecule has 1 aliphatic rings. The molecule has 0 aromatic heterocycles. The minimum atomic E-state index is -0.0510. The molecule has 0 bridgehead atoms. The van der Waals surface area contributed by atoms with Crippen molar-refractivity contribution >= 4 is 0 Å². The van der Waals surface area contributed by atoms with E-state index in [0.717, 1.165) is 12.8 Å². The highest BCUT2D eigenvalue weighted by atomic mass is 15.2. The third-order valence-electron chi connectivity index (χ3n) is 3.02. The molecule has 1 fully saturated rings. The second kappa shape index (κ2) is 3.45. The van der Waals surface area contributed by atoms with E-state index in [1.165, 1.54) is 5.56 Å². The molecule has 0 aliphatic heterocycles. The Hall–Kier alpha value is -1.30. The molecule has 0 saturated heterocycles. The Morgan fingerprint density at radius 2 is 2.00 bits per heavy atom. The first-order valence-corrected chi connectivity index (χ1v) is 4.81. The van der Waals surface area contributed by atoms with Crippen LogP contribution >= 0.6 is 0 Å². The molecular formula is C12H14N2. The quantitative estimate of drug-likeness (QED) is 0.422. The van der Waals surface area contributed by atoms with Crippen molar-refractivity contribution in [2.24, 2.45) is 5.84 Å². The highest BCUT2D eigenvalue weighted by Crippen LogP contribution is 2.50. The Morgan fingerprint density at radius 1 is 1.36 bits per heavy atom. The molecule has 2 rings (SSSR count). The first kappa shape index (κ1) is 9.26. The van der Waals surface area contributed by atoms with Crippen molar-refractivity contribution in [2.75, 3.05) is 0 Å². The van der Waals surface area contributed by atoms with Crippen LogP contribution in [0.3, 0.4) is 0 Å².